The van der Waals surface area contributed by atoms with Crippen molar-refractivity contribution >= 4 is 17.6 Å². The van der Waals surface area contributed by atoms with Crippen molar-refractivity contribution in [3.63, 3.8) is 0 Å². The third-order valence-electron chi connectivity index (χ3n) is 4.43. The number of nitrogens with zero attached hydrogens (tertiary/aromatic N) is 1. The number of hydrogen-bond donors (Lipinski definition) is 3. The van der Waals surface area contributed by atoms with Crippen LogP contribution in [0.2, 0.25) is 5.02 Å². The highest BCUT2D eigenvalue weighted by atomic mass is 35.5. The van der Waals surface area contributed by atoms with Crippen LogP contribution in [0, 0.1) is 5.41 Å². The van der Waals surface area contributed by atoms with Crippen LogP contribution in [0.15, 0.2) is 29.3 Å². The van der Waals surface area contributed by atoms with Gasteiger partial charge in [-0.15, -0.1) is 0 Å². The Morgan fingerprint density at radius 3 is 2.52 bits per heavy atom. The molecule has 0 spiro atoms. The van der Waals surface area contributed by atoms with Gasteiger partial charge in [-0.05, 0) is 49.3 Å². The summed E-state index contributed by atoms with van der Waals surface area (Å²) in [6, 6.07) is 7.76. The number of nitrogens with one attached hydrogen (secondary N) is 2. The minimum atomic E-state index is 0.112. The molecular weight excluding hydrogens is 310 g/mol. The molecule has 0 radical (unpaired) electrons. The number of aliphatic hydroxyl groups excluding tert-OH is 1. The molecule has 0 atom stereocenters. The topological polar surface area (TPSA) is 56.7 Å². The predicted molar refractivity (Wildman–Crippen MR) is 99.0 cm³/mol. The number of benzene rings is 1. The average Bonchev–Trinajstić information content (AvgIpc) is 2.56. The van der Waals surface area contributed by atoms with E-state index in [0.717, 1.165) is 48.9 Å². The zero-order valence-corrected chi connectivity index (χ0v) is 15.3. The molecule has 5 heteroatoms. The lowest BCUT2D eigenvalue weighted by atomic mass is 9.79. The van der Waals surface area contributed by atoms with Gasteiger partial charge in [0.25, 0.3) is 0 Å². The summed E-state index contributed by atoms with van der Waals surface area (Å²) in [6.07, 6.45) is 2.87. The maximum absolute atomic E-state index is 9.32. The Hall–Kier alpha value is -1.26. The minimum absolute atomic E-state index is 0.112. The van der Waals surface area contributed by atoms with Gasteiger partial charge in [0.1, 0.15) is 0 Å². The fraction of sp³-hybridized carbons (Fsp3) is 0.611. The van der Waals surface area contributed by atoms with Gasteiger partial charge in [-0.3, -0.25) is 0 Å². The van der Waals surface area contributed by atoms with E-state index in [4.69, 9.17) is 11.6 Å². The van der Waals surface area contributed by atoms with Gasteiger partial charge in [0, 0.05) is 24.7 Å². The molecule has 0 bridgehead atoms. The molecule has 0 aliphatic carbocycles. The molecule has 0 amide bonds. The Morgan fingerprint density at radius 2 is 1.96 bits per heavy atom. The third kappa shape index (κ3) is 6.80. The van der Waals surface area contributed by atoms with E-state index in [2.05, 4.69) is 36.4 Å². The highest BCUT2D eigenvalue weighted by Gasteiger charge is 2.25. The number of rotatable bonds is 9. The van der Waals surface area contributed by atoms with Gasteiger partial charge < -0.3 is 15.7 Å². The van der Waals surface area contributed by atoms with E-state index in [0.29, 0.717) is 6.54 Å². The lowest BCUT2D eigenvalue weighted by molar-refractivity contribution is 0.169. The summed E-state index contributed by atoms with van der Waals surface area (Å²) in [7, 11) is 0. The predicted octanol–water partition coefficient (Wildman–Crippen LogP) is 3.58. The van der Waals surface area contributed by atoms with Crippen molar-refractivity contribution in [2.75, 3.05) is 19.7 Å². The van der Waals surface area contributed by atoms with Crippen LogP contribution in [-0.2, 0) is 6.54 Å². The third-order valence-corrected chi connectivity index (χ3v) is 4.66. The largest absolute Gasteiger partial charge is 0.396 e. The molecule has 1 aromatic rings. The fourth-order valence-corrected chi connectivity index (χ4v) is 2.81. The van der Waals surface area contributed by atoms with E-state index in [-0.39, 0.29) is 12.0 Å². The first kappa shape index (κ1) is 19.8. The van der Waals surface area contributed by atoms with Crippen LogP contribution in [0.25, 0.3) is 0 Å². The molecule has 23 heavy (non-hydrogen) atoms. The molecule has 0 aromatic heterocycles. The van der Waals surface area contributed by atoms with Gasteiger partial charge >= 0.3 is 0 Å². The minimum Gasteiger partial charge on any atom is -0.396 e. The van der Waals surface area contributed by atoms with E-state index >= 15 is 0 Å². The van der Waals surface area contributed by atoms with Gasteiger partial charge in [0.2, 0.25) is 0 Å². The Bertz CT molecular complexity index is 487. The lowest BCUT2D eigenvalue weighted by Gasteiger charge is -2.32. The second-order valence-corrected chi connectivity index (χ2v) is 6.30. The summed E-state index contributed by atoms with van der Waals surface area (Å²) < 4.78 is 0. The van der Waals surface area contributed by atoms with Crippen molar-refractivity contribution in [2.45, 2.75) is 46.6 Å². The number of aliphatic hydroxyl groups is 1. The van der Waals surface area contributed by atoms with E-state index in [1.54, 1.807) is 0 Å². The maximum atomic E-state index is 9.32. The van der Waals surface area contributed by atoms with Gasteiger partial charge in [0.05, 0.1) is 6.54 Å². The normalized spacial score (nSPS) is 12.3. The van der Waals surface area contributed by atoms with Gasteiger partial charge in [-0.1, -0.05) is 37.6 Å². The van der Waals surface area contributed by atoms with Crippen LogP contribution in [0.4, 0.5) is 0 Å². The van der Waals surface area contributed by atoms with Crippen molar-refractivity contribution in [2.24, 2.45) is 10.4 Å². The standard InChI is InChI=1S/C18H30ClN3O/c1-4-18(5-2,10-11-23)14-22-17(20-6-3)21-13-15-8-7-9-16(19)12-15/h7-9,12,23H,4-6,10-11,13-14H2,1-3H3,(H2,20,21,22). The number of guanidine groups is 1. The Morgan fingerprint density at radius 1 is 1.22 bits per heavy atom. The summed E-state index contributed by atoms with van der Waals surface area (Å²) in [5.74, 6) is 0.802. The lowest BCUT2D eigenvalue weighted by Crippen LogP contribution is -2.43. The fourth-order valence-electron chi connectivity index (χ4n) is 2.60. The first-order chi connectivity index (χ1) is 11.1. The maximum Gasteiger partial charge on any atom is 0.191 e. The highest BCUT2D eigenvalue weighted by molar-refractivity contribution is 6.30. The summed E-state index contributed by atoms with van der Waals surface area (Å²) in [5, 5.41) is 16.8. The van der Waals surface area contributed by atoms with Crippen molar-refractivity contribution in [1.82, 2.24) is 10.6 Å². The number of halogens is 1. The molecule has 0 fully saturated rings. The van der Waals surface area contributed by atoms with Gasteiger partial charge in [-0.2, -0.15) is 0 Å². The molecule has 1 aromatic carbocycles. The molecule has 0 unspecified atom stereocenters. The Balaban J connectivity index is 2.71. The quantitative estimate of drug-likeness (QED) is 0.476. The van der Waals surface area contributed by atoms with Crippen LogP contribution in [-0.4, -0.2) is 30.8 Å². The van der Waals surface area contributed by atoms with Crippen LogP contribution in [0.3, 0.4) is 0 Å². The second-order valence-electron chi connectivity index (χ2n) is 5.86. The molecular formula is C18H30ClN3O. The molecule has 3 N–H and O–H groups in total. The monoisotopic (exact) mass is 339 g/mol. The first-order valence-corrected chi connectivity index (χ1v) is 8.84. The average molecular weight is 340 g/mol. The van der Waals surface area contributed by atoms with Crippen molar-refractivity contribution in [3.05, 3.63) is 34.9 Å². The molecule has 0 saturated carbocycles. The van der Waals surface area contributed by atoms with Crippen molar-refractivity contribution in [3.8, 4) is 0 Å². The van der Waals surface area contributed by atoms with Crippen LogP contribution in [0.1, 0.15) is 45.6 Å². The summed E-state index contributed by atoms with van der Waals surface area (Å²) >= 11 is 6.01. The highest BCUT2D eigenvalue weighted by Crippen LogP contribution is 2.29. The van der Waals surface area contributed by atoms with E-state index in [1.807, 2.05) is 24.3 Å². The smallest absolute Gasteiger partial charge is 0.191 e. The van der Waals surface area contributed by atoms with Crippen LogP contribution < -0.4 is 10.6 Å². The van der Waals surface area contributed by atoms with Gasteiger partial charge in [0.15, 0.2) is 5.96 Å². The Kier molecular flexibility index (Phi) is 9.03. The SMILES string of the molecule is CCNC(=NCc1cccc(Cl)c1)NCC(CC)(CC)CCO. The second kappa shape index (κ2) is 10.5. The Labute approximate surface area is 145 Å². The molecule has 0 aliphatic rings. The zero-order valence-electron chi connectivity index (χ0n) is 14.5. The molecule has 130 valence electrons. The summed E-state index contributed by atoms with van der Waals surface area (Å²) in [4.78, 5) is 4.63. The van der Waals surface area contributed by atoms with E-state index in [9.17, 15) is 5.11 Å². The molecule has 0 saturated heterocycles. The molecule has 4 nitrogen and oxygen atoms in total. The zero-order chi connectivity index (χ0) is 17.1. The number of aliphatic imine (C=N–C) groups is 1. The summed E-state index contributed by atoms with van der Waals surface area (Å²) in [6.45, 7) is 8.83. The molecule has 0 aliphatic heterocycles. The van der Waals surface area contributed by atoms with Gasteiger partial charge in [-0.25, -0.2) is 4.99 Å². The summed E-state index contributed by atoms with van der Waals surface area (Å²) in [5.41, 5.74) is 1.20. The van der Waals surface area contributed by atoms with E-state index in [1.165, 1.54) is 0 Å². The van der Waals surface area contributed by atoms with Crippen molar-refractivity contribution < 1.29 is 5.11 Å². The first-order valence-electron chi connectivity index (χ1n) is 8.46. The van der Waals surface area contributed by atoms with Crippen LogP contribution in [0.5, 0.6) is 0 Å². The van der Waals surface area contributed by atoms with E-state index < -0.39 is 0 Å². The van der Waals surface area contributed by atoms with Crippen LogP contribution >= 0.6 is 11.6 Å². The van der Waals surface area contributed by atoms with Crippen molar-refractivity contribution in [1.29, 1.82) is 0 Å². The molecule has 1 rings (SSSR count). The molecule has 0 heterocycles. The number of hydrogen-bond acceptors (Lipinski definition) is 2.